The van der Waals surface area contributed by atoms with Gasteiger partial charge < -0.3 is 5.32 Å². The molecule has 3 heteroatoms. The number of aryl methyl sites for hydroxylation is 1. The van der Waals surface area contributed by atoms with Gasteiger partial charge >= 0.3 is 0 Å². The Morgan fingerprint density at radius 2 is 2.21 bits per heavy atom. The van der Waals surface area contributed by atoms with Gasteiger partial charge in [-0.25, -0.2) is 0 Å². The first kappa shape index (κ1) is 9.71. The second kappa shape index (κ2) is 4.13. The molecule has 1 aromatic heterocycles. The van der Waals surface area contributed by atoms with Crippen LogP contribution in [0, 0.1) is 5.92 Å². The molecule has 0 radical (unpaired) electrons. The molecule has 78 valence electrons. The van der Waals surface area contributed by atoms with Crippen molar-refractivity contribution in [3.05, 3.63) is 18.0 Å². The van der Waals surface area contributed by atoms with Gasteiger partial charge in [-0.15, -0.1) is 0 Å². The van der Waals surface area contributed by atoms with Crippen molar-refractivity contribution in [3.63, 3.8) is 0 Å². The van der Waals surface area contributed by atoms with Crippen LogP contribution in [0.1, 0.15) is 31.4 Å². The van der Waals surface area contributed by atoms with Gasteiger partial charge in [-0.05, 0) is 37.9 Å². The average molecular weight is 193 g/mol. The molecule has 14 heavy (non-hydrogen) atoms. The van der Waals surface area contributed by atoms with Crippen LogP contribution in [0.25, 0.3) is 0 Å². The van der Waals surface area contributed by atoms with Crippen molar-refractivity contribution in [3.8, 4) is 0 Å². The number of nitrogens with one attached hydrogen (secondary N) is 1. The van der Waals surface area contributed by atoms with Gasteiger partial charge in [0.15, 0.2) is 0 Å². The minimum Gasteiger partial charge on any atom is -0.317 e. The molecule has 1 atom stereocenters. The number of hydrogen-bond acceptors (Lipinski definition) is 2. The number of nitrogens with zero attached hydrogens (tertiary/aromatic N) is 2. The van der Waals surface area contributed by atoms with E-state index < -0.39 is 0 Å². The van der Waals surface area contributed by atoms with Gasteiger partial charge in [-0.1, -0.05) is 6.92 Å². The normalized spacial score (nSPS) is 21.0. The molecule has 0 spiro atoms. The van der Waals surface area contributed by atoms with Crippen LogP contribution < -0.4 is 5.32 Å². The third kappa shape index (κ3) is 1.82. The van der Waals surface area contributed by atoms with Crippen LogP contribution in [0.4, 0.5) is 0 Å². The van der Waals surface area contributed by atoms with Gasteiger partial charge in [0.25, 0.3) is 0 Å². The number of aromatic nitrogens is 2. The summed E-state index contributed by atoms with van der Waals surface area (Å²) in [6.45, 7) is 4.67. The summed E-state index contributed by atoms with van der Waals surface area (Å²) in [5, 5.41) is 7.64. The Morgan fingerprint density at radius 1 is 1.50 bits per heavy atom. The monoisotopic (exact) mass is 193 g/mol. The lowest BCUT2D eigenvalue weighted by Crippen LogP contribution is -2.30. The lowest BCUT2D eigenvalue weighted by molar-refractivity contribution is 0.322. The van der Waals surface area contributed by atoms with Crippen LogP contribution in [-0.4, -0.2) is 22.9 Å². The van der Waals surface area contributed by atoms with Gasteiger partial charge in [-0.3, -0.25) is 4.68 Å². The molecule has 2 heterocycles. The predicted octanol–water partition coefficient (Wildman–Crippen LogP) is 1.52. The Hall–Kier alpha value is -0.830. The van der Waals surface area contributed by atoms with Crippen molar-refractivity contribution in [1.82, 2.24) is 15.1 Å². The van der Waals surface area contributed by atoms with E-state index in [0.717, 1.165) is 5.92 Å². The molecule has 1 fully saturated rings. The van der Waals surface area contributed by atoms with E-state index in [9.17, 15) is 0 Å². The maximum Gasteiger partial charge on any atom is 0.0492 e. The molecule has 1 saturated heterocycles. The quantitative estimate of drug-likeness (QED) is 0.772. The molecule has 1 aliphatic heterocycles. The average Bonchev–Trinajstić information content (AvgIpc) is 2.65. The SMILES string of the molecule is CC(c1ccnn1C)C1CCNCC1. The summed E-state index contributed by atoms with van der Waals surface area (Å²) in [5.41, 5.74) is 1.37. The van der Waals surface area contributed by atoms with Gasteiger partial charge in [0.1, 0.15) is 0 Å². The largest absolute Gasteiger partial charge is 0.317 e. The van der Waals surface area contributed by atoms with Crippen LogP contribution >= 0.6 is 0 Å². The maximum atomic E-state index is 4.23. The van der Waals surface area contributed by atoms with E-state index in [0.29, 0.717) is 5.92 Å². The summed E-state index contributed by atoms with van der Waals surface area (Å²) in [7, 11) is 2.03. The summed E-state index contributed by atoms with van der Waals surface area (Å²) in [6.07, 6.45) is 4.49. The van der Waals surface area contributed by atoms with E-state index in [4.69, 9.17) is 0 Å². The van der Waals surface area contributed by atoms with E-state index >= 15 is 0 Å². The lowest BCUT2D eigenvalue weighted by atomic mass is 9.84. The van der Waals surface area contributed by atoms with Crippen LogP contribution in [0.15, 0.2) is 12.3 Å². The highest BCUT2D eigenvalue weighted by Crippen LogP contribution is 2.29. The zero-order valence-electron chi connectivity index (χ0n) is 9.03. The van der Waals surface area contributed by atoms with Crippen molar-refractivity contribution in [2.45, 2.75) is 25.7 Å². The van der Waals surface area contributed by atoms with E-state index in [1.54, 1.807) is 0 Å². The van der Waals surface area contributed by atoms with Crippen molar-refractivity contribution in [2.75, 3.05) is 13.1 Å². The summed E-state index contributed by atoms with van der Waals surface area (Å²) in [5.74, 6) is 1.47. The van der Waals surface area contributed by atoms with E-state index in [1.807, 2.05) is 17.9 Å². The number of piperidine rings is 1. The molecular formula is C11H19N3. The summed E-state index contributed by atoms with van der Waals surface area (Å²) < 4.78 is 2.01. The minimum absolute atomic E-state index is 0.643. The highest BCUT2D eigenvalue weighted by molar-refractivity contribution is 5.08. The Morgan fingerprint density at radius 3 is 2.79 bits per heavy atom. The minimum atomic E-state index is 0.643. The molecule has 0 aliphatic carbocycles. The highest BCUT2D eigenvalue weighted by atomic mass is 15.3. The first-order valence-corrected chi connectivity index (χ1v) is 5.47. The van der Waals surface area contributed by atoms with E-state index in [-0.39, 0.29) is 0 Å². The molecular weight excluding hydrogens is 174 g/mol. The van der Waals surface area contributed by atoms with E-state index in [1.165, 1.54) is 31.6 Å². The summed E-state index contributed by atoms with van der Waals surface area (Å²) in [4.78, 5) is 0. The zero-order valence-corrected chi connectivity index (χ0v) is 9.03. The van der Waals surface area contributed by atoms with Crippen molar-refractivity contribution >= 4 is 0 Å². The lowest BCUT2D eigenvalue weighted by Gasteiger charge is -2.28. The van der Waals surface area contributed by atoms with Crippen molar-refractivity contribution < 1.29 is 0 Å². The van der Waals surface area contributed by atoms with Gasteiger partial charge in [0.2, 0.25) is 0 Å². The summed E-state index contributed by atoms with van der Waals surface area (Å²) >= 11 is 0. The van der Waals surface area contributed by atoms with E-state index in [2.05, 4.69) is 23.4 Å². The Kier molecular flexibility index (Phi) is 2.87. The summed E-state index contributed by atoms with van der Waals surface area (Å²) in [6, 6.07) is 2.15. The molecule has 1 N–H and O–H groups in total. The molecule has 1 aliphatic rings. The Bertz CT molecular complexity index is 286. The second-order valence-electron chi connectivity index (χ2n) is 4.26. The third-order valence-corrected chi connectivity index (χ3v) is 3.42. The molecule has 0 bridgehead atoms. The Balaban J connectivity index is 2.07. The van der Waals surface area contributed by atoms with Gasteiger partial charge in [0.05, 0.1) is 0 Å². The fourth-order valence-corrected chi connectivity index (χ4v) is 2.42. The van der Waals surface area contributed by atoms with Crippen molar-refractivity contribution in [2.24, 2.45) is 13.0 Å². The predicted molar refractivity (Wildman–Crippen MR) is 57.2 cm³/mol. The number of rotatable bonds is 2. The topological polar surface area (TPSA) is 29.9 Å². The third-order valence-electron chi connectivity index (χ3n) is 3.42. The fourth-order valence-electron chi connectivity index (χ4n) is 2.42. The van der Waals surface area contributed by atoms with Crippen LogP contribution in [0.2, 0.25) is 0 Å². The number of hydrogen-bond donors (Lipinski definition) is 1. The van der Waals surface area contributed by atoms with Crippen LogP contribution in [0.3, 0.4) is 0 Å². The standard InChI is InChI=1S/C11H19N3/c1-9(10-3-6-12-7-4-10)11-5-8-13-14(11)2/h5,8-10,12H,3-4,6-7H2,1-2H3. The molecule has 0 amide bonds. The first-order valence-electron chi connectivity index (χ1n) is 5.47. The van der Waals surface area contributed by atoms with Crippen molar-refractivity contribution in [1.29, 1.82) is 0 Å². The molecule has 1 unspecified atom stereocenters. The molecule has 3 nitrogen and oxygen atoms in total. The molecule has 0 saturated carbocycles. The first-order chi connectivity index (χ1) is 6.79. The fraction of sp³-hybridized carbons (Fsp3) is 0.727. The maximum absolute atomic E-state index is 4.23. The van der Waals surface area contributed by atoms with Gasteiger partial charge in [0, 0.05) is 24.9 Å². The molecule has 0 aromatic carbocycles. The second-order valence-corrected chi connectivity index (χ2v) is 4.26. The highest BCUT2D eigenvalue weighted by Gasteiger charge is 2.22. The van der Waals surface area contributed by atoms with Crippen LogP contribution in [0.5, 0.6) is 0 Å². The molecule has 1 aromatic rings. The smallest absolute Gasteiger partial charge is 0.0492 e. The molecule has 2 rings (SSSR count). The van der Waals surface area contributed by atoms with Crippen LogP contribution in [-0.2, 0) is 7.05 Å². The zero-order chi connectivity index (χ0) is 9.97. The Labute approximate surface area is 85.5 Å². The van der Waals surface area contributed by atoms with Gasteiger partial charge in [-0.2, -0.15) is 5.10 Å².